The predicted octanol–water partition coefficient (Wildman–Crippen LogP) is 1.06. The van der Waals surface area contributed by atoms with Crippen LogP contribution in [0.15, 0.2) is 0 Å². The van der Waals surface area contributed by atoms with Crippen LogP contribution in [0.2, 0.25) is 0 Å². The van der Waals surface area contributed by atoms with Crippen molar-refractivity contribution < 1.29 is 9.84 Å². The van der Waals surface area contributed by atoms with Crippen molar-refractivity contribution in [2.45, 2.75) is 56.7 Å². The van der Waals surface area contributed by atoms with Gasteiger partial charge in [0.1, 0.15) is 0 Å². The summed E-state index contributed by atoms with van der Waals surface area (Å²) in [5.41, 5.74) is 0.00545. The largest absolute Gasteiger partial charge is 0.393 e. The molecule has 3 fully saturated rings. The fourth-order valence-electron chi connectivity index (χ4n) is 2.77. The van der Waals surface area contributed by atoms with Crippen LogP contribution in [0.3, 0.4) is 0 Å². The number of ether oxygens (including phenoxy) is 1. The third kappa shape index (κ3) is 1.69. The second-order valence-electron chi connectivity index (χ2n) is 5.21. The average molecular weight is 199 g/mol. The van der Waals surface area contributed by atoms with E-state index in [1.165, 1.54) is 0 Å². The molecule has 0 aromatic carbocycles. The SMILES string of the molecule is CC(C)NC12CCC(CO)(CC1)OC2. The highest BCUT2D eigenvalue weighted by Crippen LogP contribution is 2.43. The van der Waals surface area contributed by atoms with E-state index in [1.807, 2.05) is 0 Å². The third-order valence-corrected chi connectivity index (χ3v) is 3.66. The van der Waals surface area contributed by atoms with Gasteiger partial charge < -0.3 is 15.2 Å². The third-order valence-electron chi connectivity index (χ3n) is 3.66. The lowest BCUT2D eigenvalue weighted by Gasteiger charge is -2.53. The Bertz CT molecular complexity index is 191. The van der Waals surface area contributed by atoms with E-state index in [0.717, 1.165) is 32.3 Å². The number of hydrogen-bond donors (Lipinski definition) is 2. The minimum absolute atomic E-state index is 0.185. The molecule has 2 aliphatic heterocycles. The Morgan fingerprint density at radius 3 is 2.29 bits per heavy atom. The molecule has 2 N–H and O–H groups in total. The van der Waals surface area contributed by atoms with Crippen LogP contribution in [-0.2, 0) is 4.74 Å². The summed E-state index contributed by atoms with van der Waals surface area (Å²) in [4.78, 5) is 0. The van der Waals surface area contributed by atoms with Gasteiger partial charge in [-0.1, -0.05) is 13.8 Å². The number of hydrogen-bond acceptors (Lipinski definition) is 3. The van der Waals surface area contributed by atoms with Crippen molar-refractivity contribution in [2.24, 2.45) is 0 Å². The molecule has 0 spiro atoms. The van der Waals surface area contributed by atoms with E-state index in [1.54, 1.807) is 0 Å². The van der Waals surface area contributed by atoms with E-state index in [4.69, 9.17) is 4.74 Å². The highest BCUT2D eigenvalue weighted by Gasteiger charge is 2.49. The highest BCUT2D eigenvalue weighted by molar-refractivity contribution is 5.04. The smallest absolute Gasteiger partial charge is 0.0914 e. The minimum Gasteiger partial charge on any atom is -0.393 e. The molecular formula is C11H21NO2. The maximum Gasteiger partial charge on any atom is 0.0914 e. The van der Waals surface area contributed by atoms with Crippen LogP contribution in [0, 0.1) is 0 Å². The summed E-state index contributed by atoms with van der Waals surface area (Å²) < 4.78 is 5.81. The first kappa shape index (κ1) is 10.4. The maximum atomic E-state index is 9.29. The number of aliphatic hydroxyl groups excluding tert-OH is 1. The van der Waals surface area contributed by atoms with Gasteiger partial charge in [-0.15, -0.1) is 0 Å². The van der Waals surface area contributed by atoms with Gasteiger partial charge >= 0.3 is 0 Å². The van der Waals surface area contributed by atoms with Gasteiger partial charge in [0, 0.05) is 11.6 Å². The van der Waals surface area contributed by atoms with Gasteiger partial charge in [-0.2, -0.15) is 0 Å². The summed E-state index contributed by atoms with van der Waals surface area (Å²) >= 11 is 0. The summed E-state index contributed by atoms with van der Waals surface area (Å²) in [6.07, 6.45) is 4.30. The summed E-state index contributed by atoms with van der Waals surface area (Å²) in [6, 6.07) is 0.512. The van der Waals surface area contributed by atoms with E-state index in [2.05, 4.69) is 19.2 Å². The number of aliphatic hydroxyl groups is 1. The first-order valence-electron chi connectivity index (χ1n) is 5.62. The van der Waals surface area contributed by atoms with Crippen LogP contribution >= 0.6 is 0 Å². The Balaban J connectivity index is 2.01. The number of rotatable bonds is 3. The summed E-state index contributed by atoms with van der Waals surface area (Å²) in [5, 5.41) is 12.9. The van der Waals surface area contributed by atoms with Crippen LogP contribution in [0.5, 0.6) is 0 Å². The standard InChI is InChI=1S/C11H21NO2/c1-9(2)12-10-3-5-11(7-13,6-4-10)14-8-10/h9,12-13H,3-8H2,1-2H3. The van der Waals surface area contributed by atoms with Crippen molar-refractivity contribution in [3.63, 3.8) is 0 Å². The second kappa shape index (κ2) is 3.47. The van der Waals surface area contributed by atoms with Gasteiger partial charge in [0.2, 0.25) is 0 Å². The molecule has 82 valence electrons. The molecule has 0 amide bonds. The molecule has 2 heterocycles. The van der Waals surface area contributed by atoms with Gasteiger partial charge in [0.25, 0.3) is 0 Å². The molecule has 3 rings (SSSR count). The van der Waals surface area contributed by atoms with Crippen LogP contribution in [0.25, 0.3) is 0 Å². The molecule has 14 heavy (non-hydrogen) atoms. The van der Waals surface area contributed by atoms with Crippen molar-refractivity contribution in [3.8, 4) is 0 Å². The van der Waals surface area contributed by atoms with E-state index in [-0.39, 0.29) is 17.7 Å². The fraction of sp³-hybridized carbons (Fsp3) is 1.00. The van der Waals surface area contributed by atoms with Crippen LogP contribution < -0.4 is 5.32 Å². The molecule has 0 unspecified atom stereocenters. The Morgan fingerprint density at radius 1 is 1.29 bits per heavy atom. The molecule has 3 aliphatic rings. The van der Waals surface area contributed by atoms with Gasteiger partial charge in [-0.25, -0.2) is 0 Å². The molecule has 0 aromatic heterocycles. The zero-order valence-corrected chi connectivity index (χ0v) is 9.18. The van der Waals surface area contributed by atoms with E-state index in [0.29, 0.717) is 6.04 Å². The van der Waals surface area contributed by atoms with Crippen molar-refractivity contribution in [1.29, 1.82) is 0 Å². The molecular weight excluding hydrogens is 178 g/mol. The molecule has 3 heteroatoms. The van der Waals surface area contributed by atoms with Gasteiger partial charge in [0.15, 0.2) is 0 Å². The van der Waals surface area contributed by atoms with Crippen LogP contribution in [0.1, 0.15) is 39.5 Å². The highest BCUT2D eigenvalue weighted by atomic mass is 16.5. The topological polar surface area (TPSA) is 41.5 Å². The second-order valence-corrected chi connectivity index (χ2v) is 5.21. The van der Waals surface area contributed by atoms with Crippen molar-refractivity contribution >= 4 is 0 Å². The lowest BCUT2D eigenvalue weighted by Crippen LogP contribution is -2.63. The minimum atomic E-state index is -0.194. The van der Waals surface area contributed by atoms with Crippen molar-refractivity contribution in [1.82, 2.24) is 5.32 Å². The molecule has 3 nitrogen and oxygen atoms in total. The van der Waals surface area contributed by atoms with Crippen LogP contribution in [-0.4, -0.2) is 35.5 Å². The Morgan fingerprint density at radius 2 is 1.93 bits per heavy atom. The quantitative estimate of drug-likeness (QED) is 0.714. The van der Waals surface area contributed by atoms with Gasteiger partial charge in [-0.3, -0.25) is 0 Å². The molecule has 0 atom stereocenters. The molecule has 1 aliphatic carbocycles. The monoisotopic (exact) mass is 199 g/mol. The molecule has 0 radical (unpaired) electrons. The van der Waals surface area contributed by atoms with E-state index < -0.39 is 0 Å². The maximum absolute atomic E-state index is 9.29. The van der Waals surface area contributed by atoms with E-state index in [9.17, 15) is 5.11 Å². The Kier molecular flexibility index (Phi) is 2.58. The first-order chi connectivity index (χ1) is 6.60. The first-order valence-corrected chi connectivity index (χ1v) is 5.62. The molecule has 0 aromatic rings. The lowest BCUT2D eigenvalue weighted by molar-refractivity contribution is -0.180. The number of nitrogens with one attached hydrogen (secondary N) is 1. The molecule has 2 saturated heterocycles. The van der Waals surface area contributed by atoms with Crippen molar-refractivity contribution in [2.75, 3.05) is 13.2 Å². The average Bonchev–Trinajstić information content (AvgIpc) is 2.19. The normalized spacial score (nSPS) is 42.0. The van der Waals surface area contributed by atoms with Crippen molar-refractivity contribution in [3.05, 3.63) is 0 Å². The lowest BCUT2D eigenvalue weighted by atomic mass is 9.71. The predicted molar refractivity (Wildman–Crippen MR) is 55.2 cm³/mol. The summed E-state index contributed by atoms with van der Waals surface area (Å²) in [7, 11) is 0. The zero-order valence-electron chi connectivity index (χ0n) is 9.18. The van der Waals surface area contributed by atoms with E-state index >= 15 is 0 Å². The molecule has 1 saturated carbocycles. The summed E-state index contributed by atoms with van der Waals surface area (Å²) in [6.45, 7) is 5.31. The van der Waals surface area contributed by atoms with Gasteiger partial charge in [-0.05, 0) is 25.7 Å². The number of fused-ring (bicyclic) bond motifs is 3. The fourth-order valence-corrected chi connectivity index (χ4v) is 2.77. The Hall–Kier alpha value is -0.120. The zero-order chi connectivity index (χ0) is 10.2. The van der Waals surface area contributed by atoms with Crippen LogP contribution in [0.4, 0.5) is 0 Å². The van der Waals surface area contributed by atoms with Gasteiger partial charge in [0.05, 0.1) is 18.8 Å². The summed E-state index contributed by atoms with van der Waals surface area (Å²) in [5.74, 6) is 0. The Labute approximate surface area is 85.8 Å². The molecule has 2 bridgehead atoms.